The van der Waals surface area contributed by atoms with E-state index < -0.39 is 21.4 Å². The van der Waals surface area contributed by atoms with Crippen molar-refractivity contribution in [3.63, 3.8) is 0 Å². The summed E-state index contributed by atoms with van der Waals surface area (Å²) in [6.45, 7) is 1.79. The zero-order valence-corrected chi connectivity index (χ0v) is 12.9. The Labute approximate surface area is 128 Å². The molecule has 0 radical (unpaired) electrons. The molecular formula is C15H16N2O4S. The molecule has 1 aliphatic heterocycles. The van der Waals surface area contributed by atoms with Crippen molar-refractivity contribution >= 4 is 26.8 Å². The van der Waals surface area contributed by atoms with Gasteiger partial charge in [-0.25, -0.2) is 8.42 Å². The fourth-order valence-corrected chi connectivity index (χ4v) is 4.53. The number of rotatable bonds is 3. The lowest BCUT2D eigenvalue weighted by molar-refractivity contribution is -0.146. The summed E-state index contributed by atoms with van der Waals surface area (Å²) >= 11 is 0. The Morgan fingerprint density at radius 3 is 2.82 bits per heavy atom. The predicted octanol–water partition coefficient (Wildman–Crippen LogP) is 1.72. The van der Waals surface area contributed by atoms with E-state index >= 15 is 0 Å². The predicted molar refractivity (Wildman–Crippen MR) is 80.9 cm³/mol. The average Bonchev–Trinajstić information content (AvgIpc) is 2.91. The molecule has 1 aromatic heterocycles. The van der Waals surface area contributed by atoms with E-state index in [1.54, 1.807) is 43.6 Å². The molecule has 1 aromatic carbocycles. The molecule has 1 unspecified atom stereocenters. The van der Waals surface area contributed by atoms with Gasteiger partial charge in [-0.2, -0.15) is 4.31 Å². The first kappa shape index (κ1) is 14.9. The number of aromatic nitrogens is 1. The second-order valence-electron chi connectivity index (χ2n) is 5.81. The summed E-state index contributed by atoms with van der Waals surface area (Å²) in [5.74, 6) is -0.965. The van der Waals surface area contributed by atoms with E-state index in [-0.39, 0.29) is 18.0 Å². The summed E-state index contributed by atoms with van der Waals surface area (Å²) in [6, 6.07) is 6.68. The second-order valence-corrected chi connectivity index (χ2v) is 7.71. The largest absolute Gasteiger partial charge is 0.481 e. The number of carboxylic acid groups (broad SMARTS) is 1. The van der Waals surface area contributed by atoms with Crippen LogP contribution in [0.3, 0.4) is 0 Å². The van der Waals surface area contributed by atoms with Crippen molar-refractivity contribution in [1.29, 1.82) is 0 Å². The van der Waals surface area contributed by atoms with Crippen LogP contribution >= 0.6 is 0 Å². The average molecular weight is 320 g/mol. The molecule has 2 aromatic rings. The van der Waals surface area contributed by atoms with Crippen molar-refractivity contribution in [3.8, 4) is 0 Å². The normalized spacial score (nSPS) is 23.0. The number of sulfonamides is 1. The zero-order chi connectivity index (χ0) is 16.0. The smallest absolute Gasteiger partial charge is 0.310 e. The monoisotopic (exact) mass is 320 g/mol. The van der Waals surface area contributed by atoms with Crippen molar-refractivity contribution in [3.05, 3.63) is 36.7 Å². The molecule has 0 saturated carbocycles. The molecule has 1 atom stereocenters. The third-order valence-electron chi connectivity index (χ3n) is 4.21. The van der Waals surface area contributed by atoms with Gasteiger partial charge in [0, 0.05) is 36.3 Å². The molecular weight excluding hydrogens is 304 g/mol. The van der Waals surface area contributed by atoms with Crippen molar-refractivity contribution in [2.45, 2.75) is 18.2 Å². The maximum Gasteiger partial charge on any atom is 0.310 e. The number of fused-ring (bicyclic) bond motifs is 1. The van der Waals surface area contributed by atoms with Crippen molar-refractivity contribution in [2.75, 3.05) is 13.1 Å². The molecule has 0 spiro atoms. The van der Waals surface area contributed by atoms with Crippen LogP contribution in [0.1, 0.15) is 13.3 Å². The number of hydrogen-bond donors (Lipinski definition) is 1. The van der Waals surface area contributed by atoms with Crippen molar-refractivity contribution in [1.82, 2.24) is 9.29 Å². The number of carbonyl (C=O) groups is 1. The van der Waals surface area contributed by atoms with Crippen LogP contribution in [-0.4, -0.2) is 41.9 Å². The van der Waals surface area contributed by atoms with E-state index in [9.17, 15) is 18.3 Å². The molecule has 1 saturated heterocycles. The molecule has 6 nitrogen and oxygen atoms in total. The SMILES string of the molecule is CC1(C(=O)O)CCN(S(=O)(=O)c2cccc3cnccc23)C1. The third kappa shape index (κ3) is 2.26. The van der Waals surface area contributed by atoms with Gasteiger partial charge >= 0.3 is 5.97 Å². The summed E-state index contributed by atoms with van der Waals surface area (Å²) < 4.78 is 27.0. The van der Waals surface area contributed by atoms with Crippen LogP contribution in [0.2, 0.25) is 0 Å². The lowest BCUT2D eigenvalue weighted by Gasteiger charge is -2.20. The summed E-state index contributed by atoms with van der Waals surface area (Å²) in [7, 11) is -3.73. The molecule has 0 bridgehead atoms. The van der Waals surface area contributed by atoms with Crippen molar-refractivity contribution in [2.24, 2.45) is 5.41 Å². The zero-order valence-electron chi connectivity index (χ0n) is 12.1. The van der Waals surface area contributed by atoms with E-state index in [4.69, 9.17) is 0 Å². The highest BCUT2D eigenvalue weighted by atomic mass is 32.2. The van der Waals surface area contributed by atoms with Gasteiger partial charge in [0.25, 0.3) is 0 Å². The Bertz CT molecular complexity index is 844. The van der Waals surface area contributed by atoms with Crippen LogP contribution in [0.4, 0.5) is 0 Å². The van der Waals surface area contributed by atoms with Gasteiger partial charge in [0.2, 0.25) is 10.0 Å². The second kappa shape index (κ2) is 5.03. The van der Waals surface area contributed by atoms with Gasteiger partial charge in [0.15, 0.2) is 0 Å². The minimum absolute atomic E-state index is 0.00780. The molecule has 1 N–H and O–H groups in total. The number of pyridine rings is 1. The van der Waals surface area contributed by atoms with Gasteiger partial charge in [-0.1, -0.05) is 12.1 Å². The Morgan fingerprint density at radius 2 is 2.14 bits per heavy atom. The maximum absolute atomic E-state index is 12.9. The minimum atomic E-state index is -3.73. The van der Waals surface area contributed by atoms with Gasteiger partial charge in [0.1, 0.15) is 0 Å². The first-order valence-corrected chi connectivity index (χ1v) is 8.35. The highest BCUT2D eigenvalue weighted by molar-refractivity contribution is 7.89. The fraction of sp³-hybridized carbons (Fsp3) is 0.333. The molecule has 22 heavy (non-hydrogen) atoms. The maximum atomic E-state index is 12.9. The quantitative estimate of drug-likeness (QED) is 0.930. The summed E-state index contributed by atoms with van der Waals surface area (Å²) in [5, 5.41) is 10.6. The first-order chi connectivity index (χ1) is 10.3. The van der Waals surface area contributed by atoms with E-state index in [1.165, 1.54) is 4.31 Å². The number of benzene rings is 1. The van der Waals surface area contributed by atoms with Gasteiger partial charge in [-0.3, -0.25) is 9.78 Å². The van der Waals surface area contributed by atoms with Gasteiger partial charge in [0.05, 0.1) is 10.3 Å². The van der Waals surface area contributed by atoms with Crippen LogP contribution in [-0.2, 0) is 14.8 Å². The third-order valence-corrected chi connectivity index (χ3v) is 6.12. The van der Waals surface area contributed by atoms with Crippen LogP contribution < -0.4 is 0 Å². The van der Waals surface area contributed by atoms with Crippen LogP contribution in [0.5, 0.6) is 0 Å². The Balaban J connectivity index is 2.05. The summed E-state index contributed by atoms with van der Waals surface area (Å²) in [4.78, 5) is 15.5. The molecule has 1 fully saturated rings. The lowest BCUT2D eigenvalue weighted by Crippen LogP contribution is -2.34. The fourth-order valence-electron chi connectivity index (χ4n) is 2.76. The number of hydrogen-bond acceptors (Lipinski definition) is 4. The van der Waals surface area contributed by atoms with Gasteiger partial charge in [-0.15, -0.1) is 0 Å². The van der Waals surface area contributed by atoms with E-state index in [0.717, 1.165) is 5.39 Å². The molecule has 3 rings (SSSR count). The van der Waals surface area contributed by atoms with Crippen LogP contribution in [0, 0.1) is 5.41 Å². The van der Waals surface area contributed by atoms with Crippen LogP contribution in [0.15, 0.2) is 41.6 Å². The number of carboxylic acids is 1. The molecule has 0 amide bonds. The Morgan fingerprint density at radius 1 is 1.36 bits per heavy atom. The number of aliphatic carboxylic acids is 1. The summed E-state index contributed by atoms with van der Waals surface area (Å²) in [5.41, 5.74) is -1.03. The molecule has 0 aliphatic carbocycles. The Kier molecular flexibility index (Phi) is 3.41. The van der Waals surface area contributed by atoms with Crippen LogP contribution in [0.25, 0.3) is 10.8 Å². The Hall–Kier alpha value is -1.99. The van der Waals surface area contributed by atoms with E-state index in [2.05, 4.69) is 4.98 Å². The lowest BCUT2D eigenvalue weighted by atomic mass is 9.90. The summed E-state index contributed by atoms with van der Waals surface area (Å²) in [6.07, 6.45) is 3.47. The standard InChI is InChI=1S/C15H16N2O4S/c1-15(14(18)19)6-8-17(10-15)22(20,21)13-4-2-3-11-9-16-7-5-12(11)13/h2-5,7,9H,6,8,10H2,1H3,(H,18,19). The number of nitrogens with zero attached hydrogens (tertiary/aromatic N) is 2. The highest BCUT2D eigenvalue weighted by Crippen LogP contribution is 2.35. The minimum Gasteiger partial charge on any atom is -0.481 e. The molecule has 1 aliphatic rings. The molecule has 2 heterocycles. The van der Waals surface area contributed by atoms with E-state index in [1.807, 2.05) is 0 Å². The van der Waals surface area contributed by atoms with Gasteiger partial charge in [-0.05, 0) is 25.5 Å². The topological polar surface area (TPSA) is 87.6 Å². The van der Waals surface area contributed by atoms with Gasteiger partial charge < -0.3 is 5.11 Å². The van der Waals surface area contributed by atoms with E-state index in [0.29, 0.717) is 11.8 Å². The first-order valence-electron chi connectivity index (χ1n) is 6.91. The highest BCUT2D eigenvalue weighted by Gasteiger charge is 2.45. The van der Waals surface area contributed by atoms with Crippen molar-refractivity contribution < 1.29 is 18.3 Å². The molecule has 7 heteroatoms. The molecule has 116 valence electrons.